The van der Waals surface area contributed by atoms with Crippen molar-refractivity contribution in [1.29, 1.82) is 0 Å². The highest BCUT2D eigenvalue weighted by Gasteiger charge is 2.07. The van der Waals surface area contributed by atoms with Gasteiger partial charge in [-0.15, -0.1) is 0 Å². The van der Waals surface area contributed by atoms with E-state index in [-0.39, 0.29) is 0 Å². The number of pyridine rings is 1. The van der Waals surface area contributed by atoms with E-state index in [0.717, 1.165) is 27.9 Å². The second-order valence-corrected chi connectivity index (χ2v) is 5.22. The number of hydrogen-bond donors (Lipinski definition) is 0. The topological polar surface area (TPSA) is 22.1 Å². The summed E-state index contributed by atoms with van der Waals surface area (Å²) in [6.45, 7) is 0. The van der Waals surface area contributed by atoms with Gasteiger partial charge in [-0.25, -0.2) is 4.98 Å². The van der Waals surface area contributed by atoms with Crippen molar-refractivity contribution in [3.05, 3.63) is 58.6 Å². The van der Waals surface area contributed by atoms with Gasteiger partial charge >= 0.3 is 0 Å². The Bertz CT molecular complexity index is 769. The minimum absolute atomic E-state index is 0.646. The summed E-state index contributed by atoms with van der Waals surface area (Å²) in [5.74, 6) is 0.809. The zero-order valence-electron chi connectivity index (χ0n) is 10.7. The average Bonchev–Trinajstić information content (AvgIpc) is 2.46. The number of fused-ring (bicyclic) bond motifs is 1. The summed E-state index contributed by atoms with van der Waals surface area (Å²) in [6, 6.07) is 15.1. The van der Waals surface area contributed by atoms with Crippen molar-refractivity contribution < 1.29 is 4.74 Å². The lowest BCUT2D eigenvalue weighted by atomic mass is 10.1. The van der Waals surface area contributed by atoms with Crippen LogP contribution in [0.5, 0.6) is 5.75 Å². The van der Waals surface area contributed by atoms with Crippen molar-refractivity contribution in [1.82, 2.24) is 4.98 Å². The maximum absolute atomic E-state index is 6.32. The van der Waals surface area contributed by atoms with E-state index in [0.29, 0.717) is 10.0 Å². The smallest absolute Gasteiger partial charge is 0.118 e. The molecule has 0 aliphatic carbocycles. The number of hydrogen-bond acceptors (Lipinski definition) is 2. The van der Waals surface area contributed by atoms with Crippen LogP contribution in [0.15, 0.2) is 48.5 Å². The fourth-order valence-corrected chi connectivity index (χ4v) is 2.50. The number of benzene rings is 2. The largest absolute Gasteiger partial charge is 0.497 e. The van der Waals surface area contributed by atoms with Gasteiger partial charge in [-0.1, -0.05) is 23.2 Å². The van der Waals surface area contributed by atoms with Crippen LogP contribution in [-0.4, -0.2) is 12.1 Å². The van der Waals surface area contributed by atoms with Crippen LogP contribution in [0.25, 0.3) is 22.2 Å². The van der Waals surface area contributed by atoms with Crippen molar-refractivity contribution in [3.63, 3.8) is 0 Å². The van der Waals surface area contributed by atoms with E-state index in [2.05, 4.69) is 4.98 Å². The molecule has 4 heteroatoms. The highest BCUT2D eigenvalue weighted by atomic mass is 35.5. The molecule has 1 heterocycles. The third kappa shape index (κ3) is 2.45. The fourth-order valence-electron chi connectivity index (χ4n) is 2.07. The third-order valence-electron chi connectivity index (χ3n) is 3.11. The minimum atomic E-state index is 0.646. The normalized spacial score (nSPS) is 10.8. The maximum Gasteiger partial charge on any atom is 0.118 e. The molecule has 0 amide bonds. The molecule has 0 saturated carbocycles. The van der Waals surface area contributed by atoms with Crippen LogP contribution in [0, 0.1) is 0 Å². The average molecular weight is 304 g/mol. The fraction of sp³-hybridized carbons (Fsp3) is 0.0625. The van der Waals surface area contributed by atoms with E-state index >= 15 is 0 Å². The lowest BCUT2D eigenvalue weighted by Gasteiger charge is -2.07. The first-order valence-electron chi connectivity index (χ1n) is 6.07. The standard InChI is InChI=1S/C16H11Cl2NO/c1-20-12-5-2-10(3-6-12)15-9-14(18)13-7-4-11(17)8-16(13)19-15/h2-9H,1H3. The third-order valence-corrected chi connectivity index (χ3v) is 3.66. The van der Waals surface area contributed by atoms with Crippen molar-refractivity contribution in [2.45, 2.75) is 0 Å². The first-order valence-corrected chi connectivity index (χ1v) is 6.83. The molecule has 0 fully saturated rings. The number of halogens is 2. The van der Waals surface area contributed by atoms with Crippen molar-refractivity contribution in [3.8, 4) is 17.0 Å². The molecule has 3 rings (SSSR count). The van der Waals surface area contributed by atoms with Gasteiger partial charge in [-0.05, 0) is 48.5 Å². The van der Waals surface area contributed by atoms with Crippen LogP contribution in [0.3, 0.4) is 0 Å². The highest BCUT2D eigenvalue weighted by Crippen LogP contribution is 2.30. The summed E-state index contributed by atoms with van der Waals surface area (Å²) >= 11 is 12.3. The molecule has 0 aliphatic heterocycles. The number of aromatic nitrogens is 1. The molecule has 3 aromatic rings. The molecule has 100 valence electrons. The Balaban J connectivity index is 2.15. The molecule has 2 aromatic carbocycles. The monoisotopic (exact) mass is 303 g/mol. The molecule has 0 saturated heterocycles. The Morgan fingerprint density at radius 1 is 0.950 bits per heavy atom. The van der Waals surface area contributed by atoms with Crippen molar-refractivity contribution in [2.24, 2.45) is 0 Å². The van der Waals surface area contributed by atoms with Crippen LogP contribution in [0.4, 0.5) is 0 Å². The molecule has 0 spiro atoms. The predicted octanol–water partition coefficient (Wildman–Crippen LogP) is 5.22. The molecule has 2 nitrogen and oxygen atoms in total. The van der Waals surface area contributed by atoms with Gasteiger partial charge in [0.25, 0.3) is 0 Å². The van der Waals surface area contributed by atoms with Gasteiger partial charge < -0.3 is 4.74 Å². The Morgan fingerprint density at radius 2 is 1.70 bits per heavy atom. The lowest BCUT2D eigenvalue weighted by molar-refractivity contribution is 0.415. The van der Waals surface area contributed by atoms with E-state index < -0.39 is 0 Å². The Kier molecular flexibility index (Phi) is 3.51. The van der Waals surface area contributed by atoms with Gasteiger partial charge in [0.15, 0.2) is 0 Å². The molecule has 0 radical (unpaired) electrons. The van der Waals surface area contributed by atoms with E-state index in [9.17, 15) is 0 Å². The number of rotatable bonds is 2. The molecule has 0 bridgehead atoms. The Morgan fingerprint density at radius 3 is 2.40 bits per heavy atom. The van der Waals surface area contributed by atoms with Gasteiger partial charge in [0.2, 0.25) is 0 Å². The van der Waals surface area contributed by atoms with Gasteiger partial charge in [0, 0.05) is 16.0 Å². The number of nitrogens with zero attached hydrogens (tertiary/aromatic N) is 1. The van der Waals surface area contributed by atoms with Gasteiger partial charge in [-0.2, -0.15) is 0 Å². The van der Waals surface area contributed by atoms with Gasteiger partial charge in [0.05, 0.1) is 23.3 Å². The van der Waals surface area contributed by atoms with Crippen LogP contribution in [-0.2, 0) is 0 Å². The Labute approximate surface area is 126 Å². The summed E-state index contributed by atoms with van der Waals surface area (Å²) in [5.41, 5.74) is 2.58. The summed E-state index contributed by atoms with van der Waals surface area (Å²) < 4.78 is 5.15. The molecule has 0 aliphatic rings. The van der Waals surface area contributed by atoms with Crippen LogP contribution >= 0.6 is 23.2 Å². The van der Waals surface area contributed by atoms with E-state index in [4.69, 9.17) is 27.9 Å². The Hall–Kier alpha value is -1.77. The first-order chi connectivity index (χ1) is 9.67. The van der Waals surface area contributed by atoms with Gasteiger partial charge in [-0.3, -0.25) is 0 Å². The van der Waals surface area contributed by atoms with Crippen LogP contribution in [0.1, 0.15) is 0 Å². The lowest BCUT2D eigenvalue weighted by Crippen LogP contribution is -1.88. The first kappa shape index (κ1) is 13.2. The van der Waals surface area contributed by atoms with Crippen molar-refractivity contribution in [2.75, 3.05) is 7.11 Å². The summed E-state index contributed by atoms with van der Waals surface area (Å²) in [4.78, 5) is 4.61. The van der Waals surface area contributed by atoms with Crippen LogP contribution < -0.4 is 4.74 Å². The maximum atomic E-state index is 6.32. The number of ether oxygens (including phenoxy) is 1. The predicted molar refractivity (Wildman–Crippen MR) is 83.8 cm³/mol. The molecule has 1 aromatic heterocycles. The summed E-state index contributed by atoms with van der Waals surface area (Å²) in [7, 11) is 1.64. The SMILES string of the molecule is COc1ccc(-c2cc(Cl)c3ccc(Cl)cc3n2)cc1. The minimum Gasteiger partial charge on any atom is -0.497 e. The quantitative estimate of drug-likeness (QED) is 0.648. The zero-order valence-corrected chi connectivity index (χ0v) is 12.2. The molecule has 20 heavy (non-hydrogen) atoms. The second kappa shape index (κ2) is 5.31. The summed E-state index contributed by atoms with van der Waals surface area (Å²) in [5, 5.41) is 2.21. The van der Waals surface area contributed by atoms with E-state index in [1.54, 1.807) is 7.11 Å². The van der Waals surface area contributed by atoms with E-state index in [1.165, 1.54) is 0 Å². The molecular formula is C16H11Cl2NO. The molecule has 0 unspecified atom stereocenters. The van der Waals surface area contributed by atoms with Crippen LogP contribution in [0.2, 0.25) is 10.0 Å². The molecule has 0 N–H and O–H groups in total. The highest BCUT2D eigenvalue weighted by molar-refractivity contribution is 6.36. The van der Waals surface area contributed by atoms with Crippen molar-refractivity contribution >= 4 is 34.1 Å². The second-order valence-electron chi connectivity index (χ2n) is 4.38. The summed E-state index contributed by atoms with van der Waals surface area (Å²) in [6.07, 6.45) is 0. The zero-order chi connectivity index (χ0) is 14.1. The molecular weight excluding hydrogens is 293 g/mol. The molecule has 0 atom stereocenters. The van der Waals surface area contributed by atoms with Gasteiger partial charge in [0.1, 0.15) is 5.75 Å². The number of methoxy groups -OCH3 is 1. The van der Waals surface area contributed by atoms with E-state index in [1.807, 2.05) is 48.5 Å².